The fourth-order valence-electron chi connectivity index (χ4n) is 1.84. The fourth-order valence-corrected chi connectivity index (χ4v) is 4.39. The molecule has 1 aliphatic rings. The molecule has 0 atom stereocenters. The number of ether oxygens (including phenoxy) is 1. The average Bonchev–Trinajstić information content (AvgIpc) is 2.24. The van der Waals surface area contributed by atoms with Crippen molar-refractivity contribution in [2.75, 3.05) is 7.11 Å². The average molecular weight is 321 g/mol. The minimum atomic E-state index is -3.42. The quantitative estimate of drug-likeness (QED) is 0.921. The maximum atomic E-state index is 12.3. The smallest absolute Gasteiger partial charge is 0.185 e. The second kappa shape index (κ2) is 4.59. The van der Waals surface area contributed by atoms with E-state index < -0.39 is 21.2 Å². The molecule has 0 amide bonds. The number of sulfone groups is 1. The predicted molar refractivity (Wildman–Crippen MR) is 66.9 cm³/mol. The highest BCUT2D eigenvalue weighted by Gasteiger charge is 2.40. The third-order valence-electron chi connectivity index (χ3n) is 2.94. The molecule has 1 saturated carbocycles. The number of hydrogen-bond acceptors (Lipinski definition) is 4. The summed E-state index contributed by atoms with van der Waals surface area (Å²) in [6.07, 6.45) is 0.114. The van der Waals surface area contributed by atoms with E-state index in [2.05, 4.69) is 15.9 Å². The summed E-state index contributed by atoms with van der Waals surface area (Å²) < 4.78 is 30.3. The Hall–Kier alpha value is -0.590. The minimum absolute atomic E-state index is 0.186. The normalized spacial score (nSPS) is 24.2. The van der Waals surface area contributed by atoms with Gasteiger partial charge in [-0.3, -0.25) is 0 Å². The molecule has 0 unspecified atom stereocenters. The van der Waals surface area contributed by atoms with E-state index >= 15 is 0 Å². The molecular weight excluding hydrogens is 308 g/mol. The van der Waals surface area contributed by atoms with Gasteiger partial charge < -0.3 is 9.84 Å². The van der Waals surface area contributed by atoms with Gasteiger partial charge in [-0.1, -0.05) is 15.9 Å². The SMILES string of the molecule is COc1ccc(Br)cc1S(=O)(=O)[C@H]1C[C@@H](O)C1. The minimum Gasteiger partial charge on any atom is -0.495 e. The van der Waals surface area contributed by atoms with E-state index in [0.29, 0.717) is 23.1 Å². The summed E-state index contributed by atoms with van der Waals surface area (Å²) >= 11 is 3.25. The van der Waals surface area contributed by atoms with Crippen molar-refractivity contribution in [2.45, 2.75) is 29.1 Å². The van der Waals surface area contributed by atoms with Gasteiger partial charge >= 0.3 is 0 Å². The molecule has 0 aromatic heterocycles. The van der Waals surface area contributed by atoms with Gasteiger partial charge in [-0.05, 0) is 31.0 Å². The Kier molecular flexibility index (Phi) is 3.47. The summed E-state index contributed by atoms with van der Waals surface area (Å²) in [5.74, 6) is 0.342. The highest BCUT2D eigenvalue weighted by Crippen LogP contribution is 2.36. The summed E-state index contributed by atoms with van der Waals surface area (Å²) in [7, 11) is -1.97. The summed E-state index contributed by atoms with van der Waals surface area (Å²) in [5, 5.41) is 8.71. The summed E-state index contributed by atoms with van der Waals surface area (Å²) in [5.41, 5.74) is 0. The van der Waals surface area contributed by atoms with Crippen molar-refractivity contribution in [3.63, 3.8) is 0 Å². The van der Waals surface area contributed by atoms with Crippen molar-refractivity contribution in [2.24, 2.45) is 0 Å². The first-order valence-corrected chi connectivity index (χ1v) is 7.54. The predicted octanol–water partition coefficient (Wildman–Crippen LogP) is 1.75. The third kappa shape index (κ3) is 2.34. The molecule has 2 rings (SSSR count). The zero-order valence-electron chi connectivity index (χ0n) is 9.26. The van der Waals surface area contributed by atoms with Gasteiger partial charge in [0.2, 0.25) is 0 Å². The van der Waals surface area contributed by atoms with Gasteiger partial charge in [0, 0.05) is 4.47 Å². The monoisotopic (exact) mass is 320 g/mol. The van der Waals surface area contributed by atoms with Gasteiger partial charge in [-0.15, -0.1) is 0 Å². The first-order valence-electron chi connectivity index (χ1n) is 5.20. The summed E-state index contributed by atoms with van der Waals surface area (Å²) in [6, 6.07) is 4.89. The summed E-state index contributed by atoms with van der Waals surface area (Å²) in [4.78, 5) is 0.186. The molecule has 0 aliphatic heterocycles. The van der Waals surface area contributed by atoms with Gasteiger partial charge in [-0.2, -0.15) is 0 Å². The van der Waals surface area contributed by atoms with Crippen LogP contribution in [-0.4, -0.2) is 32.0 Å². The van der Waals surface area contributed by atoms with Crippen LogP contribution in [0.15, 0.2) is 27.6 Å². The Morgan fingerprint density at radius 2 is 2.06 bits per heavy atom. The highest BCUT2D eigenvalue weighted by atomic mass is 79.9. The van der Waals surface area contributed by atoms with Crippen LogP contribution in [0.25, 0.3) is 0 Å². The van der Waals surface area contributed by atoms with E-state index in [0.717, 1.165) is 0 Å². The zero-order valence-corrected chi connectivity index (χ0v) is 11.7. The van der Waals surface area contributed by atoms with E-state index in [-0.39, 0.29) is 4.90 Å². The van der Waals surface area contributed by atoms with Crippen LogP contribution in [0.5, 0.6) is 5.75 Å². The largest absolute Gasteiger partial charge is 0.495 e. The van der Waals surface area contributed by atoms with Gasteiger partial charge in [-0.25, -0.2) is 8.42 Å². The molecule has 1 N–H and O–H groups in total. The van der Waals surface area contributed by atoms with Crippen molar-refractivity contribution in [1.29, 1.82) is 0 Å². The lowest BCUT2D eigenvalue weighted by Gasteiger charge is -2.31. The van der Waals surface area contributed by atoms with E-state index in [1.165, 1.54) is 7.11 Å². The van der Waals surface area contributed by atoms with E-state index in [1.807, 2.05) is 0 Å². The van der Waals surface area contributed by atoms with Crippen LogP contribution in [0, 0.1) is 0 Å². The molecule has 1 aromatic rings. The number of rotatable bonds is 3. The first-order chi connectivity index (χ1) is 7.95. The summed E-state index contributed by atoms with van der Waals surface area (Å²) in [6.45, 7) is 0. The topological polar surface area (TPSA) is 63.6 Å². The number of methoxy groups -OCH3 is 1. The molecule has 0 spiro atoms. The molecule has 0 radical (unpaired) electrons. The molecule has 1 aliphatic carbocycles. The molecule has 1 fully saturated rings. The van der Waals surface area contributed by atoms with Crippen molar-refractivity contribution >= 4 is 25.8 Å². The van der Waals surface area contributed by atoms with E-state index in [1.54, 1.807) is 18.2 Å². The van der Waals surface area contributed by atoms with Crippen molar-refractivity contribution in [1.82, 2.24) is 0 Å². The van der Waals surface area contributed by atoms with Crippen LogP contribution in [0.1, 0.15) is 12.8 Å². The zero-order chi connectivity index (χ0) is 12.6. The number of benzene rings is 1. The number of aliphatic hydroxyl groups is 1. The number of hydrogen-bond donors (Lipinski definition) is 1. The molecule has 1 aromatic carbocycles. The molecule has 6 heteroatoms. The molecule has 0 bridgehead atoms. The van der Waals surface area contributed by atoms with Gasteiger partial charge in [0.25, 0.3) is 0 Å². The van der Waals surface area contributed by atoms with Crippen LogP contribution in [0.2, 0.25) is 0 Å². The van der Waals surface area contributed by atoms with Crippen LogP contribution in [0.3, 0.4) is 0 Å². The first kappa shape index (κ1) is 12.9. The molecule has 94 valence electrons. The fraction of sp³-hybridized carbons (Fsp3) is 0.455. The highest BCUT2D eigenvalue weighted by molar-refractivity contribution is 9.10. The maximum Gasteiger partial charge on any atom is 0.185 e. The number of halogens is 1. The van der Waals surface area contributed by atoms with Crippen LogP contribution in [0.4, 0.5) is 0 Å². The van der Waals surface area contributed by atoms with Gasteiger partial charge in [0.05, 0.1) is 18.5 Å². The van der Waals surface area contributed by atoms with Crippen LogP contribution < -0.4 is 4.74 Å². The van der Waals surface area contributed by atoms with Crippen molar-refractivity contribution < 1.29 is 18.3 Å². The molecule has 0 saturated heterocycles. The lowest BCUT2D eigenvalue weighted by Crippen LogP contribution is -2.39. The van der Waals surface area contributed by atoms with E-state index in [9.17, 15) is 13.5 Å². The Morgan fingerprint density at radius 1 is 1.41 bits per heavy atom. The van der Waals surface area contributed by atoms with Crippen molar-refractivity contribution in [3.05, 3.63) is 22.7 Å². The Morgan fingerprint density at radius 3 is 2.59 bits per heavy atom. The number of aliphatic hydroxyl groups excluding tert-OH is 1. The van der Waals surface area contributed by atoms with E-state index in [4.69, 9.17) is 4.74 Å². The van der Waals surface area contributed by atoms with Gasteiger partial charge in [0.1, 0.15) is 10.6 Å². The second-order valence-electron chi connectivity index (χ2n) is 4.09. The standard InChI is InChI=1S/C11H13BrO4S/c1-16-10-3-2-7(12)4-11(10)17(14,15)9-5-8(13)6-9/h2-4,8-9,13H,5-6H2,1H3/t8-,9+. The lowest BCUT2D eigenvalue weighted by atomic mass is 9.96. The van der Waals surface area contributed by atoms with Gasteiger partial charge in [0.15, 0.2) is 9.84 Å². The molecule has 4 nitrogen and oxygen atoms in total. The molecular formula is C11H13BrO4S. The third-order valence-corrected chi connectivity index (χ3v) is 5.63. The lowest BCUT2D eigenvalue weighted by molar-refractivity contribution is 0.0976. The molecule has 17 heavy (non-hydrogen) atoms. The maximum absolute atomic E-state index is 12.3. The Balaban J connectivity index is 2.42. The van der Waals surface area contributed by atoms with Crippen LogP contribution in [-0.2, 0) is 9.84 Å². The van der Waals surface area contributed by atoms with Crippen molar-refractivity contribution in [3.8, 4) is 5.75 Å². The van der Waals surface area contributed by atoms with Crippen LogP contribution >= 0.6 is 15.9 Å². The Bertz CT molecular complexity index is 520. The second-order valence-corrected chi connectivity index (χ2v) is 7.20. The molecule has 0 heterocycles. The Labute approximate surface area is 109 Å².